The standard InChI is InChI=1S/C20H33N2O6PS2/c1-7-14(4)22(29(30,26-8-2)27-9-3)31(25)18(21-19(23)24)16-12-10-11-15-13-20(5,6)28-17(15)16/h10-12,14,18,21H,7-9,13H2,1-6H3,(H,23,24)/p-1. The van der Waals surface area contributed by atoms with Crippen molar-refractivity contribution in [3.63, 3.8) is 0 Å². The molecule has 0 radical (unpaired) electrons. The van der Waals surface area contributed by atoms with Crippen molar-refractivity contribution >= 4 is 35.5 Å². The summed E-state index contributed by atoms with van der Waals surface area (Å²) in [5.41, 5.74) is 0.940. The summed E-state index contributed by atoms with van der Waals surface area (Å²) in [6, 6.07) is 5.14. The summed E-state index contributed by atoms with van der Waals surface area (Å²) < 4.78 is 33.2. The topological polar surface area (TPSA) is 100 Å². The Morgan fingerprint density at radius 2 is 1.97 bits per heavy atom. The molecule has 3 atom stereocenters. The van der Waals surface area contributed by atoms with Crippen LogP contribution in [-0.2, 0) is 38.3 Å². The fraction of sp³-hybridized carbons (Fsp3) is 0.650. The second-order valence-electron chi connectivity index (χ2n) is 7.83. The molecule has 1 aliphatic rings. The Hall–Kier alpha value is -1.03. The van der Waals surface area contributed by atoms with Crippen LogP contribution in [0.2, 0.25) is 0 Å². The van der Waals surface area contributed by atoms with Gasteiger partial charge in [0.2, 0.25) is 0 Å². The van der Waals surface area contributed by atoms with Crippen molar-refractivity contribution in [1.29, 1.82) is 0 Å². The van der Waals surface area contributed by atoms with Gasteiger partial charge in [0, 0.05) is 18.0 Å². The molecule has 0 spiro atoms. The normalized spacial score (nSPS) is 18.2. The molecular formula is C20H32N2O6PS2-. The minimum Gasteiger partial charge on any atom is -0.530 e. The summed E-state index contributed by atoms with van der Waals surface area (Å²) in [7, 11) is -1.97. The molecular weight excluding hydrogens is 459 g/mol. The monoisotopic (exact) mass is 491 g/mol. The number of nitrogens with one attached hydrogen (secondary N) is 1. The quantitative estimate of drug-likeness (QED) is 0.474. The van der Waals surface area contributed by atoms with Crippen molar-refractivity contribution in [3.8, 4) is 5.75 Å². The summed E-state index contributed by atoms with van der Waals surface area (Å²) in [5.74, 6) is 0.532. The zero-order chi connectivity index (χ0) is 23.4. The first-order valence-corrected chi connectivity index (χ1v) is 14.1. The van der Waals surface area contributed by atoms with E-state index in [1.807, 2.05) is 33.8 Å². The fourth-order valence-electron chi connectivity index (χ4n) is 3.45. The number of carbonyl (C=O) groups excluding carboxylic acids is 1. The van der Waals surface area contributed by atoms with E-state index < -0.39 is 34.7 Å². The first kappa shape index (κ1) is 26.2. The molecule has 1 aromatic rings. The molecule has 0 aliphatic carbocycles. The van der Waals surface area contributed by atoms with Gasteiger partial charge in [-0.15, -0.1) is 4.08 Å². The largest absolute Gasteiger partial charge is 0.530 e. The maximum absolute atomic E-state index is 14.0. The minimum atomic E-state index is -3.15. The number of rotatable bonds is 11. The third-order valence-electron chi connectivity index (χ3n) is 4.83. The van der Waals surface area contributed by atoms with E-state index in [9.17, 15) is 14.1 Å². The smallest absolute Gasteiger partial charge is 0.275 e. The molecule has 0 aromatic heterocycles. The molecule has 11 heteroatoms. The number of ether oxygens (including phenoxy) is 1. The van der Waals surface area contributed by atoms with E-state index >= 15 is 0 Å². The highest BCUT2D eigenvalue weighted by Gasteiger charge is 2.42. The summed E-state index contributed by atoms with van der Waals surface area (Å²) in [6.45, 7) is 8.67. The number of para-hydroxylation sites is 1. The summed E-state index contributed by atoms with van der Waals surface area (Å²) in [6.07, 6.45) is -0.275. The van der Waals surface area contributed by atoms with Gasteiger partial charge in [0.25, 0.3) is 6.64 Å². The highest BCUT2D eigenvalue weighted by molar-refractivity contribution is 8.12. The van der Waals surface area contributed by atoms with Gasteiger partial charge in [-0.2, -0.15) is 0 Å². The maximum atomic E-state index is 14.0. The minimum absolute atomic E-state index is 0.276. The second kappa shape index (κ2) is 10.7. The van der Waals surface area contributed by atoms with Gasteiger partial charge in [-0.3, -0.25) is 0 Å². The van der Waals surface area contributed by atoms with Gasteiger partial charge >= 0.3 is 0 Å². The molecule has 1 N–H and O–H groups in total. The van der Waals surface area contributed by atoms with E-state index in [1.54, 1.807) is 26.0 Å². The number of nitrogens with zero attached hydrogens (tertiary/aromatic N) is 1. The van der Waals surface area contributed by atoms with Gasteiger partial charge < -0.3 is 29.0 Å². The van der Waals surface area contributed by atoms with Gasteiger partial charge in [-0.1, -0.05) is 25.1 Å². The molecule has 0 bridgehead atoms. The van der Waals surface area contributed by atoms with E-state index in [2.05, 4.69) is 5.32 Å². The Morgan fingerprint density at radius 3 is 2.48 bits per heavy atom. The predicted molar refractivity (Wildman–Crippen MR) is 123 cm³/mol. The van der Waals surface area contributed by atoms with Gasteiger partial charge in [0.1, 0.15) is 33.8 Å². The molecule has 0 saturated carbocycles. The molecule has 8 nitrogen and oxygen atoms in total. The maximum Gasteiger partial charge on any atom is 0.275 e. The summed E-state index contributed by atoms with van der Waals surface area (Å²) in [5, 5.41) is 12.7. The van der Waals surface area contributed by atoms with Crippen molar-refractivity contribution in [2.45, 2.75) is 71.4 Å². The molecule has 3 unspecified atom stereocenters. The lowest BCUT2D eigenvalue weighted by molar-refractivity contribution is -0.251. The van der Waals surface area contributed by atoms with Crippen LogP contribution >= 0.6 is 6.64 Å². The van der Waals surface area contributed by atoms with Gasteiger partial charge in [0.15, 0.2) is 0 Å². The molecule has 1 aromatic carbocycles. The average molecular weight is 492 g/mol. The third kappa shape index (κ3) is 6.06. The lowest BCUT2D eigenvalue weighted by atomic mass is 10.0. The van der Waals surface area contributed by atoms with Crippen LogP contribution in [0.5, 0.6) is 5.75 Å². The van der Waals surface area contributed by atoms with Crippen molar-refractivity contribution in [2.75, 3.05) is 13.2 Å². The SMILES string of the molecule is CCOP(=S)(OCC)N(C(C)CC)S(=O)C(NC(=O)[O-])c1cccc2c1OC(C)(C)C2. The molecule has 1 aliphatic heterocycles. The Kier molecular flexibility index (Phi) is 9.07. The van der Waals surface area contributed by atoms with Crippen LogP contribution in [-0.4, -0.2) is 39.2 Å². The Bertz CT molecular complexity index is 856. The van der Waals surface area contributed by atoms with E-state index in [0.717, 1.165) is 5.56 Å². The molecule has 2 rings (SSSR count). The first-order valence-electron chi connectivity index (χ1n) is 10.4. The van der Waals surface area contributed by atoms with E-state index in [1.165, 1.54) is 4.08 Å². The third-order valence-corrected chi connectivity index (χ3v) is 11.0. The van der Waals surface area contributed by atoms with Gasteiger partial charge in [-0.25, -0.2) is 4.21 Å². The molecule has 1 heterocycles. The van der Waals surface area contributed by atoms with Crippen LogP contribution in [0.3, 0.4) is 0 Å². The van der Waals surface area contributed by atoms with E-state index in [0.29, 0.717) is 24.2 Å². The zero-order valence-corrected chi connectivity index (χ0v) is 21.4. The second-order valence-corrected chi connectivity index (χ2v) is 12.8. The molecule has 31 heavy (non-hydrogen) atoms. The molecule has 1 amide bonds. The van der Waals surface area contributed by atoms with E-state index in [4.69, 9.17) is 25.6 Å². The van der Waals surface area contributed by atoms with Crippen molar-refractivity contribution in [2.24, 2.45) is 0 Å². The van der Waals surface area contributed by atoms with Gasteiger partial charge in [0.05, 0.1) is 13.2 Å². The van der Waals surface area contributed by atoms with Crippen LogP contribution in [0.1, 0.15) is 64.5 Å². The predicted octanol–water partition coefficient (Wildman–Crippen LogP) is 3.39. The summed E-state index contributed by atoms with van der Waals surface area (Å²) in [4.78, 5) is 11.6. The number of hydrogen-bond donors (Lipinski definition) is 1. The molecule has 176 valence electrons. The van der Waals surface area contributed by atoms with Crippen molar-refractivity contribution in [1.82, 2.24) is 9.39 Å². The Morgan fingerprint density at radius 1 is 1.35 bits per heavy atom. The average Bonchev–Trinajstić information content (AvgIpc) is 3.00. The highest BCUT2D eigenvalue weighted by atomic mass is 32.5. The van der Waals surface area contributed by atoms with Crippen LogP contribution in [0, 0.1) is 0 Å². The van der Waals surface area contributed by atoms with Crippen molar-refractivity contribution in [3.05, 3.63) is 29.3 Å². The fourth-order valence-corrected chi connectivity index (χ4v) is 9.43. The van der Waals surface area contributed by atoms with Crippen LogP contribution < -0.4 is 15.2 Å². The number of hydrogen-bond acceptors (Lipinski definition) is 7. The zero-order valence-electron chi connectivity index (χ0n) is 18.9. The number of benzene rings is 1. The number of carbonyl (C=O) groups is 1. The molecule has 0 saturated heterocycles. The number of carboxylic acid groups (broad SMARTS) is 1. The lowest BCUT2D eigenvalue weighted by Gasteiger charge is -2.38. The van der Waals surface area contributed by atoms with Crippen molar-refractivity contribution < 1.29 is 27.9 Å². The van der Waals surface area contributed by atoms with E-state index in [-0.39, 0.29) is 19.3 Å². The number of amides is 1. The lowest BCUT2D eigenvalue weighted by Crippen LogP contribution is -2.45. The van der Waals surface area contributed by atoms with Crippen LogP contribution in [0.25, 0.3) is 0 Å². The van der Waals surface area contributed by atoms with Crippen LogP contribution in [0.15, 0.2) is 18.2 Å². The number of fused-ring (bicyclic) bond motifs is 1. The Balaban J connectivity index is 2.60. The molecule has 0 fully saturated rings. The Labute approximate surface area is 192 Å². The summed E-state index contributed by atoms with van der Waals surface area (Å²) >= 11 is 5.74. The first-order chi connectivity index (χ1) is 14.5. The van der Waals surface area contributed by atoms with Gasteiger partial charge in [-0.05, 0) is 58.4 Å². The highest BCUT2D eigenvalue weighted by Crippen LogP contribution is 2.56. The van der Waals surface area contributed by atoms with Crippen LogP contribution in [0.4, 0.5) is 4.79 Å².